The van der Waals surface area contributed by atoms with Crippen molar-refractivity contribution in [1.82, 2.24) is 9.78 Å². The average molecular weight is 197 g/mol. The van der Waals surface area contributed by atoms with Crippen LogP contribution in [-0.4, -0.2) is 22.0 Å². The maximum absolute atomic E-state index is 5.58. The first kappa shape index (κ1) is 11.2. The Morgan fingerprint density at radius 2 is 2.21 bits per heavy atom. The highest BCUT2D eigenvalue weighted by atomic mass is 16.5. The molecular weight excluding hydrogens is 178 g/mol. The Morgan fingerprint density at radius 1 is 1.50 bits per heavy atom. The molecule has 0 aliphatic carbocycles. The Kier molecular flexibility index (Phi) is 3.66. The third-order valence-electron chi connectivity index (χ3n) is 1.78. The van der Waals surface area contributed by atoms with Gasteiger partial charge in [0.15, 0.2) is 0 Å². The Balaban J connectivity index is 2.31. The molecule has 2 N–H and O–H groups in total. The summed E-state index contributed by atoms with van der Waals surface area (Å²) in [7, 11) is 0. The van der Waals surface area contributed by atoms with Crippen LogP contribution in [0.25, 0.3) is 0 Å². The summed E-state index contributed by atoms with van der Waals surface area (Å²) in [5, 5.41) is 4.16. The summed E-state index contributed by atoms with van der Waals surface area (Å²) >= 11 is 0. The van der Waals surface area contributed by atoms with Crippen LogP contribution in [0.2, 0.25) is 0 Å². The monoisotopic (exact) mass is 197 g/mol. The number of nitrogens with two attached hydrogens (primary N) is 1. The second-order valence-electron chi connectivity index (χ2n) is 4.28. The van der Waals surface area contributed by atoms with Crippen LogP contribution in [-0.2, 0) is 17.8 Å². The van der Waals surface area contributed by atoms with Crippen molar-refractivity contribution in [2.24, 2.45) is 5.73 Å². The van der Waals surface area contributed by atoms with E-state index in [0.717, 1.165) is 12.1 Å². The zero-order valence-electron chi connectivity index (χ0n) is 9.16. The number of rotatable bonds is 4. The van der Waals surface area contributed by atoms with Gasteiger partial charge in [-0.3, -0.25) is 4.68 Å². The predicted octanol–water partition coefficient (Wildman–Crippen LogP) is 1.16. The van der Waals surface area contributed by atoms with E-state index >= 15 is 0 Å². The van der Waals surface area contributed by atoms with Gasteiger partial charge < -0.3 is 10.5 Å². The number of aromatic nitrogens is 2. The third-order valence-corrected chi connectivity index (χ3v) is 1.78. The molecule has 0 bridgehead atoms. The molecule has 0 aliphatic heterocycles. The number of hydrogen-bond acceptors (Lipinski definition) is 3. The molecule has 0 saturated heterocycles. The largest absolute Gasteiger partial charge is 0.374 e. The minimum Gasteiger partial charge on any atom is -0.374 e. The minimum absolute atomic E-state index is 0.0795. The molecule has 1 aromatic heterocycles. The van der Waals surface area contributed by atoms with Gasteiger partial charge in [0.25, 0.3) is 0 Å². The van der Waals surface area contributed by atoms with Gasteiger partial charge in [-0.05, 0) is 20.8 Å². The van der Waals surface area contributed by atoms with Gasteiger partial charge in [-0.15, -0.1) is 0 Å². The van der Waals surface area contributed by atoms with Gasteiger partial charge in [-0.25, -0.2) is 0 Å². The van der Waals surface area contributed by atoms with Crippen molar-refractivity contribution in [2.45, 2.75) is 39.5 Å². The molecule has 0 unspecified atom stereocenters. The summed E-state index contributed by atoms with van der Waals surface area (Å²) in [6.45, 7) is 8.12. The molecule has 4 heteroatoms. The standard InChI is InChI=1S/C10H19N3O/c1-10(2,3)14-5-4-13-8-9(6-11)7-12-13/h7-8H,4-6,11H2,1-3H3. The SMILES string of the molecule is CC(C)(C)OCCn1cc(CN)cn1. The normalized spacial score (nSPS) is 12.0. The van der Waals surface area contributed by atoms with Gasteiger partial charge in [-0.1, -0.05) is 0 Å². The van der Waals surface area contributed by atoms with Crippen molar-refractivity contribution in [1.29, 1.82) is 0 Å². The molecule has 1 rings (SSSR count). The Bertz CT molecular complexity index is 275. The van der Waals surface area contributed by atoms with E-state index in [0.29, 0.717) is 13.2 Å². The van der Waals surface area contributed by atoms with Crippen LogP contribution in [0.5, 0.6) is 0 Å². The summed E-state index contributed by atoms with van der Waals surface area (Å²) in [5.74, 6) is 0. The van der Waals surface area contributed by atoms with Gasteiger partial charge in [0.05, 0.1) is 24.9 Å². The predicted molar refractivity (Wildman–Crippen MR) is 55.8 cm³/mol. The highest BCUT2D eigenvalue weighted by Crippen LogP contribution is 2.06. The quantitative estimate of drug-likeness (QED) is 0.788. The van der Waals surface area contributed by atoms with Crippen molar-refractivity contribution in [3.8, 4) is 0 Å². The van der Waals surface area contributed by atoms with Gasteiger partial charge in [0.2, 0.25) is 0 Å². The smallest absolute Gasteiger partial charge is 0.0669 e. The summed E-state index contributed by atoms with van der Waals surface area (Å²) in [6.07, 6.45) is 3.74. The van der Waals surface area contributed by atoms with E-state index in [1.165, 1.54) is 0 Å². The fraction of sp³-hybridized carbons (Fsp3) is 0.700. The van der Waals surface area contributed by atoms with E-state index in [9.17, 15) is 0 Å². The lowest BCUT2D eigenvalue weighted by Gasteiger charge is -2.19. The zero-order chi connectivity index (χ0) is 10.6. The molecule has 1 aromatic rings. The lowest BCUT2D eigenvalue weighted by molar-refractivity contribution is -0.00789. The van der Waals surface area contributed by atoms with Crippen molar-refractivity contribution in [3.05, 3.63) is 18.0 Å². The number of hydrogen-bond donors (Lipinski definition) is 1. The number of nitrogens with zero attached hydrogens (tertiary/aromatic N) is 2. The zero-order valence-corrected chi connectivity index (χ0v) is 9.16. The molecule has 80 valence electrons. The first-order valence-electron chi connectivity index (χ1n) is 4.86. The molecule has 0 atom stereocenters. The third kappa shape index (κ3) is 3.89. The van der Waals surface area contributed by atoms with Crippen molar-refractivity contribution < 1.29 is 4.74 Å². The van der Waals surface area contributed by atoms with Crippen molar-refractivity contribution in [2.75, 3.05) is 6.61 Å². The minimum atomic E-state index is -0.0795. The molecule has 14 heavy (non-hydrogen) atoms. The first-order chi connectivity index (χ1) is 6.51. The summed E-state index contributed by atoms with van der Waals surface area (Å²) in [5.41, 5.74) is 6.45. The number of ether oxygens (including phenoxy) is 1. The van der Waals surface area contributed by atoms with Crippen LogP contribution in [0.3, 0.4) is 0 Å². The molecule has 0 amide bonds. The second-order valence-corrected chi connectivity index (χ2v) is 4.28. The van der Waals surface area contributed by atoms with E-state index in [4.69, 9.17) is 10.5 Å². The molecule has 0 radical (unpaired) electrons. The van der Waals surface area contributed by atoms with Crippen LogP contribution in [0, 0.1) is 0 Å². The topological polar surface area (TPSA) is 53.1 Å². The van der Waals surface area contributed by atoms with Gasteiger partial charge in [-0.2, -0.15) is 5.10 Å². The van der Waals surface area contributed by atoms with Crippen LogP contribution in [0.15, 0.2) is 12.4 Å². The van der Waals surface area contributed by atoms with Crippen molar-refractivity contribution >= 4 is 0 Å². The molecule has 1 heterocycles. The maximum Gasteiger partial charge on any atom is 0.0669 e. The van der Waals surface area contributed by atoms with E-state index in [2.05, 4.69) is 5.10 Å². The van der Waals surface area contributed by atoms with E-state index in [1.54, 1.807) is 6.20 Å². The molecule has 0 aromatic carbocycles. The fourth-order valence-electron chi connectivity index (χ4n) is 1.08. The maximum atomic E-state index is 5.58. The molecule has 4 nitrogen and oxygen atoms in total. The molecule has 0 spiro atoms. The molecular formula is C10H19N3O. The van der Waals surface area contributed by atoms with Gasteiger partial charge >= 0.3 is 0 Å². The lowest BCUT2D eigenvalue weighted by atomic mass is 10.2. The Labute approximate surface area is 85.0 Å². The van der Waals surface area contributed by atoms with E-state index in [-0.39, 0.29) is 5.60 Å². The van der Waals surface area contributed by atoms with E-state index < -0.39 is 0 Å². The Morgan fingerprint density at radius 3 is 2.71 bits per heavy atom. The molecule has 0 aliphatic rings. The van der Waals surface area contributed by atoms with Gasteiger partial charge in [0, 0.05) is 18.3 Å². The summed E-state index contributed by atoms with van der Waals surface area (Å²) in [6, 6.07) is 0. The molecule has 0 fully saturated rings. The fourth-order valence-corrected chi connectivity index (χ4v) is 1.08. The van der Waals surface area contributed by atoms with Crippen LogP contribution >= 0.6 is 0 Å². The highest BCUT2D eigenvalue weighted by molar-refractivity contribution is 5.02. The highest BCUT2D eigenvalue weighted by Gasteiger charge is 2.09. The van der Waals surface area contributed by atoms with Crippen LogP contribution in [0.1, 0.15) is 26.3 Å². The second kappa shape index (κ2) is 4.57. The summed E-state index contributed by atoms with van der Waals surface area (Å²) < 4.78 is 7.44. The van der Waals surface area contributed by atoms with Crippen molar-refractivity contribution in [3.63, 3.8) is 0 Å². The van der Waals surface area contributed by atoms with E-state index in [1.807, 2.05) is 31.6 Å². The molecule has 0 saturated carbocycles. The lowest BCUT2D eigenvalue weighted by Crippen LogP contribution is -2.22. The summed E-state index contributed by atoms with van der Waals surface area (Å²) in [4.78, 5) is 0. The van der Waals surface area contributed by atoms with Gasteiger partial charge in [0.1, 0.15) is 0 Å². The first-order valence-corrected chi connectivity index (χ1v) is 4.86. The average Bonchev–Trinajstić information content (AvgIpc) is 2.50. The van der Waals surface area contributed by atoms with Crippen LogP contribution in [0.4, 0.5) is 0 Å². The Hall–Kier alpha value is -0.870. The van der Waals surface area contributed by atoms with Crippen LogP contribution < -0.4 is 5.73 Å².